The van der Waals surface area contributed by atoms with E-state index >= 15 is 0 Å². The summed E-state index contributed by atoms with van der Waals surface area (Å²) in [5, 5.41) is 13.4. The summed E-state index contributed by atoms with van der Waals surface area (Å²) in [6, 6.07) is 13.7. The van der Waals surface area contributed by atoms with Crippen molar-refractivity contribution in [1.29, 1.82) is 5.26 Å². The van der Waals surface area contributed by atoms with Crippen LogP contribution in [0.2, 0.25) is 0 Å². The SMILES string of the molecule is COC(=O)c1ccc(NC(=O)CSc2nc3cc4c(cc3cc2C#N)OCO4)cc1. The number of anilines is 1. The number of carbonyl (C=O) groups is 2. The van der Waals surface area contributed by atoms with Crippen molar-refractivity contribution >= 4 is 40.2 Å². The van der Waals surface area contributed by atoms with Crippen molar-refractivity contribution in [3.8, 4) is 17.6 Å². The largest absolute Gasteiger partial charge is 0.465 e. The predicted octanol–water partition coefficient (Wildman–Crippen LogP) is 3.35. The van der Waals surface area contributed by atoms with Crippen molar-refractivity contribution in [3.63, 3.8) is 0 Å². The van der Waals surface area contributed by atoms with Gasteiger partial charge in [0, 0.05) is 17.1 Å². The van der Waals surface area contributed by atoms with Gasteiger partial charge in [-0.25, -0.2) is 9.78 Å². The summed E-state index contributed by atoms with van der Waals surface area (Å²) in [4.78, 5) is 28.3. The maximum atomic E-state index is 12.3. The third-order valence-corrected chi connectivity index (χ3v) is 5.32. The Kier molecular flexibility index (Phi) is 5.41. The van der Waals surface area contributed by atoms with E-state index in [-0.39, 0.29) is 18.5 Å². The fourth-order valence-electron chi connectivity index (χ4n) is 2.87. The fourth-order valence-corrected chi connectivity index (χ4v) is 3.64. The Morgan fingerprint density at radius 1 is 1.20 bits per heavy atom. The van der Waals surface area contributed by atoms with Gasteiger partial charge in [0.1, 0.15) is 11.1 Å². The number of nitrogens with one attached hydrogen (secondary N) is 1. The molecule has 1 aromatic heterocycles. The molecule has 0 radical (unpaired) electrons. The van der Waals surface area contributed by atoms with E-state index in [1.165, 1.54) is 18.9 Å². The molecule has 0 fully saturated rings. The molecule has 0 aliphatic carbocycles. The van der Waals surface area contributed by atoms with Crippen LogP contribution in [0.1, 0.15) is 15.9 Å². The van der Waals surface area contributed by atoms with Crippen LogP contribution in [0.3, 0.4) is 0 Å². The summed E-state index contributed by atoms with van der Waals surface area (Å²) in [6.45, 7) is 0.152. The van der Waals surface area contributed by atoms with Gasteiger partial charge in [0.15, 0.2) is 11.5 Å². The minimum Gasteiger partial charge on any atom is -0.465 e. The smallest absolute Gasteiger partial charge is 0.337 e. The molecule has 0 saturated heterocycles. The molecule has 3 aromatic rings. The molecule has 0 atom stereocenters. The average molecular weight is 421 g/mol. The van der Waals surface area contributed by atoms with Crippen LogP contribution >= 0.6 is 11.8 Å². The van der Waals surface area contributed by atoms with Crippen LogP contribution < -0.4 is 14.8 Å². The third-order valence-electron chi connectivity index (χ3n) is 4.32. The number of benzene rings is 2. The molecule has 30 heavy (non-hydrogen) atoms. The number of esters is 1. The highest BCUT2D eigenvalue weighted by molar-refractivity contribution is 8.00. The number of ether oxygens (including phenoxy) is 3. The first-order chi connectivity index (χ1) is 14.6. The van der Waals surface area contributed by atoms with Gasteiger partial charge in [-0.3, -0.25) is 4.79 Å². The number of hydrogen-bond acceptors (Lipinski definition) is 8. The number of amides is 1. The Morgan fingerprint density at radius 3 is 2.63 bits per heavy atom. The van der Waals surface area contributed by atoms with Gasteiger partial charge in [0.05, 0.1) is 29.5 Å². The molecule has 1 aliphatic rings. The van der Waals surface area contributed by atoms with Crippen LogP contribution in [0.25, 0.3) is 10.9 Å². The van der Waals surface area contributed by atoms with E-state index in [2.05, 4.69) is 21.1 Å². The molecule has 0 bridgehead atoms. The van der Waals surface area contributed by atoms with Crippen molar-refractivity contribution in [2.24, 2.45) is 0 Å². The summed E-state index contributed by atoms with van der Waals surface area (Å²) >= 11 is 1.17. The van der Waals surface area contributed by atoms with E-state index in [4.69, 9.17) is 9.47 Å². The van der Waals surface area contributed by atoms with Crippen LogP contribution in [0.5, 0.6) is 11.5 Å². The topological polar surface area (TPSA) is 111 Å². The number of methoxy groups -OCH3 is 1. The minimum atomic E-state index is -0.447. The van der Waals surface area contributed by atoms with Crippen molar-refractivity contribution in [2.45, 2.75) is 5.03 Å². The number of thioether (sulfide) groups is 1. The monoisotopic (exact) mass is 421 g/mol. The molecular weight excluding hydrogens is 406 g/mol. The molecule has 1 aliphatic heterocycles. The Labute approximate surface area is 175 Å². The maximum Gasteiger partial charge on any atom is 0.337 e. The first-order valence-corrected chi connectivity index (χ1v) is 9.81. The summed E-state index contributed by atoms with van der Waals surface area (Å²) < 4.78 is 15.4. The fraction of sp³-hybridized carbons (Fsp3) is 0.143. The van der Waals surface area contributed by atoms with Crippen molar-refractivity contribution in [3.05, 3.63) is 53.6 Å². The van der Waals surface area contributed by atoms with Crippen LogP contribution in [0, 0.1) is 11.3 Å². The van der Waals surface area contributed by atoms with E-state index in [0.717, 1.165) is 5.39 Å². The Balaban J connectivity index is 1.46. The number of pyridine rings is 1. The van der Waals surface area contributed by atoms with E-state index < -0.39 is 5.97 Å². The second-order valence-electron chi connectivity index (χ2n) is 6.26. The van der Waals surface area contributed by atoms with Gasteiger partial charge in [0.25, 0.3) is 0 Å². The second kappa shape index (κ2) is 8.31. The molecule has 0 unspecified atom stereocenters. The highest BCUT2D eigenvalue weighted by Gasteiger charge is 2.17. The second-order valence-corrected chi connectivity index (χ2v) is 7.22. The summed E-state index contributed by atoms with van der Waals surface area (Å²) in [6.07, 6.45) is 0. The van der Waals surface area contributed by atoms with E-state index in [9.17, 15) is 14.9 Å². The lowest BCUT2D eigenvalue weighted by Crippen LogP contribution is -2.14. The summed E-state index contributed by atoms with van der Waals surface area (Å²) in [7, 11) is 1.31. The standard InChI is InChI=1S/C21H15N3O5S/c1-27-21(26)12-2-4-15(5-3-12)23-19(25)10-30-20-14(9-22)6-13-7-17-18(29-11-28-17)8-16(13)24-20/h2-8H,10-11H2,1H3,(H,23,25). The van der Waals surface area contributed by atoms with Gasteiger partial charge in [0.2, 0.25) is 12.7 Å². The van der Waals surface area contributed by atoms with E-state index in [1.807, 2.05) is 0 Å². The van der Waals surface area contributed by atoms with Crippen LogP contribution in [-0.2, 0) is 9.53 Å². The Morgan fingerprint density at radius 2 is 1.93 bits per heavy atom. The molecule has 8 nitrogen and oxygen atoms in total. The quantitative estimate of drug-likeness (QED) is 0.493. The molecule has 2 heterocycles. The van der Waals surface area contributed by atoms with Crippen LogP contribution in [0.4, 0.5) is 5.69 Å². The zero-order chi connectivity index (χ0) is 21.1. The highest BCUT2D eigenvalue weighted by Crippen LogP contribution is 2.36. The van der Waals surface area contributed by atoms with Gasteiger partial charge in [-0.1, -0.05) is 11.8 Å². The first-order valence-electron chi connectivity index (χ1n) is 8.83. The summed E-state index contributed by atoms with van der Waals surface area (Å²) in [5.74, 6) is 0.575. The van der Waals surface area contributed by atoms with E-state index in [0.29, 0.717) is 38.9 Å². The first kappa shape index (κ1) is 19.5. The van der Waals surface area contributed by atoms with Crippen molar-refractivity contribution < 1.29 is 23.8 Å². The Bertz CT molecular complexity index is 1190. The van der Waals surface area contributed by atoms with Gasteiger partial charge in [-0.15, -0.1) is 0 Å². The lowest BCUT2D eigenvalue weighted by atomic mass is 10.1. The van der Waals surface area contributed by atoms with Gasteiger partial charge in [-0.2, -0.15) is 5.26 Å². The predicted molar refractivity (Wildman–Crippen MR) is 110 cm³/mol. The average Bonchev–Trinajstić information content (AvgIpc) is 3.22. The highest BCUT2D eigenvalue weighted by atomic mass is 32.2. The lowest BCUT2D eigenvalue weighted by Gasteiger charge is -2.08. The normalized spacial score (nSPS) is 11.7. The minimum absolute atomic E-state index is 0.0660. The van der Waals surface area contributed by atoms with Crippen molar-refractivity contribution in [2.75, 3.05) is 25.0 Å². The number of carbonyl (C=O) groups excluding carboxylic acids is 2. The molecular formula is C21H15N3O5S. The van der Waals surface area contributed by atoms with E-state index in [1.54, 1.807) is 42.5 Å². The number of nitriles is 1. The third kappa shape index (κ3) is 3.99. The van der Waals surface area contributed by atoms with Gasteiger partial charge < -0.3 is 19.5 Å². The number of aromatic nitrogens is 1. The van der Waals surface area contributed by atoms with Crippen LogP contribution in [-0.4, -0.2) is 36.5 Å². The van der Waals surface area contributed by atoms with Gasteiger partial charge in [-0.05, 0) is 36.4 Å². The number of fused-ring (bicyclic) bond motifs is 2. The number of hydrogen-bond donors (Lipinski definition) is 1. The van der Waals surface area contributed by atoms with Crippen molar-refractivity contribution in [1.82, 2.24) is 4.98 Å². The molecule has 9 heteroatoms. The maximum absolute atomic E-state index is 12.3. The van der Waals surface area contributed by atoms with Crippen LogP contribution in [0.15, 0.2) is 47.5 Å². The van der Waals surface area contributed by atoms with Gasteiger partial charge >= 0.3 is 5.97 Å². The molecule has 0 spiro atoms. The zero-order valence-corrected chi connectivity index (χ0v) is 16.6. The molecule has 150 valence electrons. The molecule has 1 N–H and O–H groups in total. The number of rotatable bonds is 5. The molecule has 2 aromatic carbocycles. The zero-order valence-electron chi connectivity index (χ0n) is 15.8. The Hall–Kier alpha value is -3.77. The molecule has 4 rings (SSSR count). The number of nitrogens with zero attached hydrogens (tertiary/aromatic N) is 2. The summed E-state index contributed by atoms with van der Waals surface area (Å²) in [5.41, 5.74) is 1.97. The molecule has 0 saturated carbocycles. The molecule has 1 amide bonds. The lowest BCUT2D eigenvalue weighted by molar-refractivity contribution is -0.113.